The molecule has 0 aliphatic carbocycles. The molecule has 28 heavy (non-hydrogen) atoms. The highest BCUT2D eigenvalue weighted by molar-refractivity contribution is 6.35. The number of carbonyl (C=O) groups excluding carboxylic acids is 2. The van der Waals surface area contributed by atoms with Crippen LogP contribution in [0.2, 0.25) is 0 Å². The van der Waals surface area contributed by atoms with Gasteiger partial charge in [0.15, 0.2) is 0 Å². The molecule has 6 heteroatoms. The van der Waals surface area contributed by atoms with E-state index in [9.17, 15) is 9.59 Å². The minimum atomic E-state index is -0.498. The Balaban J connectivity index is 3.33. The molecule has 0 atom stereocenters. The smallest absolute Gasteiger partial charge is 0.309 e. The minimum absolute atomic E-state index is 0.498. The summed E-state index contributed by atoms with van der Waals surface area (Å²) < 4.78 is 0. The molecule has 0 radical (unpaired) electrons. The number of nitrogens with one attached hydrogen (secondary N) is 2. The van der Waals surface area contributed by atoms with Crippen LogP contribution in [0.15, 0.2) is 0 Å². The zero-order chi connectivity index (χ0) is 20.7. The van der Waals surface area contributed by atoms with Gasteiger partial charge in [0.05, 0.1) is 0 Å². The number of rotatable bonds is 20. The number of amides is 2. The van der Waals surface area contributed by atoms with Crippen LogP contribution in [0.1, 0.15) is 103 Å². The third-order valence-corrected chi connectivity index (χ3v) is 5.04. The largest absolute Gasteiger partial charge is 0.348 e. The van der Waals surface area contributed by atoms with E-state index in [2.05, 4.69) is 10.6 Å². The number of hydrogen-bond acceptors (Lipinski definition) is 4. The van der Waals surface area contributed by atoms with Crippen molar-refractivity contribution < 1.29 is 9.59 Å². The van der Waals surface area contributed by atoms with Gasteiger partial charge in [0.1, 0.15) is 0 Å². The molecule has 0 spiro atoms. The summed E-state index contributed by atoms with van der Waals surface area (Å²) in [6, 6.07) is 0. The van der Waals surface area contributed by atoms with Crippen molar-refractivity contribution in [2.24, 2.45) is 11.5 Å². The molecule has 0 saturated heterocycles. The summed E-state index contributed by atoms with van der Waals surface area (Å²) in [4.78, 5) is 23.5. The lowest BCUT2D eigenvalue weighted by atomic mass is 10.1. The minimum Gasteiger partial charge on any atom is -0.348 e. The van der Waals surface area contributed by atoms with Crippen LogP contribution < -0.4 is 22.1 Å². The van der Waals surface area contributed by atoms with Gasteiger partial charge in [-0.2, -0.15) is 0 Å². The first kappa shape index (κ1) is 26.9. The molecule has 0 fully saturated rings. The van der Waals surface area contributed by atoms with Gasteiger partial charge in [-0.25, -0.2) is 0 Å². The predicted molar refractivity (Wildman–Crippen MR) is 118 cm³/mol. The van der Waals surface area contributed by atoms with Crippen molar-refractivity contribution in [2.75, 3.05) is 26.2 Å². The lowest BCUT2D eigenvalue weighted by Crippen LogP contribution is -2.40. The van der Waals surface area contributed by atoms with E-state index < -0.39 is 11.8 Å². The van der Waals surface area contributed by atoms with Crippen molar-refractivity contribution in [1.29, 1.82) is 0 Å². The fraction of sp³-hybridized carbons (Fsp3) is 0.909. The lowest BCUT2D eigenvalue weighted by molar-refractivity contribution is -0.139. The average molecular weight is 399 g/mol. The van der Waals surface area contributed by atoms with Gasteiger partial charge in [0, 0.05) is 13.1 Å². The van der Waals surface area contributed by atoms with E-state index in [0.717, 1.165) is 51.6 Å². The lowest BCUT2D eigenvalue weighted by Gasteiger charge is -2.07. The molecule has 0 heterocycles. The molecule has 0 unspecified atom stereocenters. The van der Waals surface area contributed by atoms with Gasteiger partial charge < -0.3 is 22.1 Å². The zero-order valence-electron chi connectivity index (χ0n) is 18.1. The molecule has 0 rings (SSSR count). The van der Waals surface area contributed by atoms with Gasteiger partial charge in [-0.3, -0.25) is 9.59 Å². The average Bonchev–Trinajstić information content (AvgIpc) is 2.70. The molecule has 0 saturated carbocycles. The highest BCUT2D eigenvalue weighted by Gasteiger charge is 2.11. The third kappa shape index (κ3) is 19.6. The van der Waals surface area contributed by atoms with Crippen molar-refractivity contribution in [3.05, 3.63) is 0 Å². The maximum absolute atomic E-state index is 11.7. The molecule has 0 aromatic heterocycles. The second-order valence-electron chi connectivity index (χ2n) is 7.75. The maximum atomic E-state index is 11.7. The maximum Gasteiger partial charge on any atom is 0.309 e. The van der Waals surface area contributed by atoms with Gasteiger partial charge in [-0.05, 0) is 38.8 Å². The number of unbranched alkanes of at least 4 members (excludes halogenated alkanes) is 14. The molecule has 0 aliphatic rings. The number of nitrogens with two attached hydrogens (primary N) is 2. The molecule has 0 aromatic rings. The van der Waals surface area contributed by atoms with Gasteiger partial charge in [0.25, 0.3) is 0 Å². The van der Waals surface area contributed by atoms with Crippen molar-refractivity contribution in [2.45, 2.75) is 103 Å². The normalized spacial score (nSPS) is 10.8. The SMILES string of the molecule is NCCCCCCCCCCNC(=O)C(=O)NCCCCCCCCCCN. The van der Waals surface area contributed by atoms with Crippen molar-refractivity contribution in [3.8, 4) is 0 Å². The fourth-order valence-corrected chi connectivity index (χ4v) is 3.22. The quantitative estimate of drug-likeness (QED) is 0.186. The van der Waals surface area contributed by atoms with Crippen molar-refractivity contribution in [3.63, 3.8) is 0 Å². The Morgan fingerprint density at radius 1 is 0.429 bits per heavy atom. The first-order valence-corrected chi connectivity index (χ1v) is 11.7. The van der Waals surface area contributed by atoms with Crippen LogP contribution in [0, 0.1) is 0 Å². The van der Waals surface area contributed by atoms with Gasteiger partial charge >= 0.3 is 11.8 Å². The summed E-state index contributed by atoms with van der Waals surface area (Å²) in [5.74, 6) is -0.997. The fourth-order valence-electron chi connectivity index (χ4n) is 3.22. The second kappa shape index (κ2) is 22.2. The summed E-state index contributed by atoms with van der Waals surface area (Å²) in [7, 11) is 0. The Bertz CT molecular complexity index is 330. The van der Waals surface area contributed by atoms with E-state index in [1.165, 1.54) is 64.2 Å². The number of hydrogen-bond donors (Lipinski definition) is 4. The van der Waals surface area contributed by atoms with Gasteiger partial charge in [-0.1, -0.05) is 77.0 Å². The molecule has 2 amide bonds. The third-order valence-electron chi connectivity index (χ3n) is 5.04. The van der Waals surface area contributed by atoms with Crippen LogP contribution >= 0.6 is 0 Å². The van der Waals surface area contributed by atoms with Crippen LogP contribution in [0.5, 0.6) is 0 Å². The summed E-state index contributed by atoms with van der Waals surface area (Å²) in [5, 5.41) is 5.43. The standard InChI is InChI=1S/C22H46N4O2/c23-17-13-9-5-1-3-7-11-15-19-25-21(27)22(28)26-20-16-12-8-4-2-6-10-14-18-24/h1-20,23-24H2,(H,25,27)(H,26,28). The first-order chi connectivity index (χ1) is 13.7. The summed E-state index contributed by atoms with van der Waals surface area (Å²) in [5.41, 5.74) is 10.9. The van der Waals surface area contributed by atoms with Crippen LogP contribution in [0.3, 0.4) is 0 Å². The van der Waals surface area contributed by atoms with Crippen molar-refractivity contribution in [1.82, 2.24) is 10.6 Å². The predicted octanol–water partition coefficient (Wildman–Crippen LogP) is 3.38. The Morgan fingerprint density at radius 2 is 0.679 bits per heavy atom. The van der Waals surface area contributed by atoms with E-state index in [1.807, 2.05) is 0 Å². The molecule has 0 bridgehead atoms. The summed E-state index contributed by atoms with van der Waals surface area (Å²) in [6.45, 7) is 2.76. The molecular weight excluding hydrogens is 352 g/mol. The second-order valence-corrected chi connectivity index (χ2v) is 7.75. The van der Waals surface area contributed by atoms with E-state index in [0.29, 0.717) is 13.1 Å². The molecule has 166 valence electrons. The molecular formula is C22H46N4O2. The molecule has 6 N–H and O–H groups in total. The molecule has 0 aliphatic heterocycles. The highest BCUT2D eigenvalue weighted by Crippen LogP contribution is 2.08. The molecule has 6 nitrogen and oxygen atoms in total. The van der Waals surface area contributed by atoms with Gasteiger partial charge in [0.2, 0.25) is 0 Å². The monoisotopic (exact) mass is 398 g/mol. The summed E-state index contributed by atoms with van der Waals surface area (Å²) >= 11 is 0. The van der Waals surface area contributed by atoms with Crippen LogP contribution in [-0.2, 0) is 9.59 Å². The van der Waals surface area contributed by atoms with Crippen LogP contribution in [-0.4, -0.2) is 38.0 Å². The Hall–Kier alpha value is -1.14. The first-order valence-electron chi connectivity index (χ1n) is 11.7. The molecule has 0 aromatic carbocycles. The summed E-state index contributed by atoms with van der Waals surface area (Å²) in [6.07, 6.45) is 18.7. The van der Waals surface area contributed by atoms with E-state index in [4.69, 9.17) is 11.5 Å². The number of carbonyl (C=O) groups is 2. The van der Waals surface area contributed by atoms with Crippen LogP contribution in [0.4, 0.5) is 0 Å². The van der Waals surface area contributed by atoms with E-state index >= 15 is 0 Å². The Kier molecular flexibility index (Phi) is 21.3. The Morgan fingerprint density at radius 3 is 0.964 bits per heavy atom. The highest BCUT2D eigenvalue weighted by atomic mass is 16.2. The van der Waals surface area contributed by atoms with E-state index in [-0.39, 0.29) is 0 Å². The van der Waals surface area contributed by atoms with E-state index in [1.54, 1.807) is 0 Å². The zero-order valence-corrected chi connectivity index (χ0v) is 18.1. The van der Waals surface area contributed by atoms with Crippen molar-refractivity contribution >= 4 is 11.8 Å². The van der Waals surface area contributed by atoms with Gasteiger partial charge in [-0.15, -0.1) is 0 Å². The van der Waals surface area contributed by atoms with Crippen LogP contribution in [0.25, 0.3) is 0 Å². The topological polar surface area (TPSA) is 110 Å². The Labute approximate surface area is 173 Å².